The van der Waals surface area contributed by atoms with Gasteiger partial charge in [-0.3, -0.25) is 4.79 Å². The number of benzene rings is 1. The number of amides is 1. The zero-order valence-electron chi connectivity index (χ0n) is 10.8. The fourth-order valence-electron chi connectivity index (χ4n) is 1.49. The average Bonchev–Trinajstić information content (AvgIpc) is 2.34. The molecule has 0 radical (unpaired) electrons. The van der Waals surface area contributed by atoms with E-state index in [4.69, 9.17) is 11.6 Å². The van der Waals surface area contributed by atoms with Crippen molar-refractivity contribution in [3.05, 3.63) is 34.9 Å². The molecule has 1 aromatic rings. The molecule has 0 spiro atoms. The lowest BCUT2D eigenvalue weighted by Crippen LogP contribution is -2.41. The van der Waals surface area contributed by atoms with Crippen LogP contribution in [0.2, 0.25) is 5.02 Å². The van der Waals surface area contributed by atoms with E-state index in [2.05, 4.69) is 10.6 Å². The Kier molecular flexibility index (Phi) is 5.79. The Morgan fingerprint density at radius 2 is 1.95 bits per heavy atom. The average molecular weight is 285 g/mol. The maximum Gasteiger partial charge on any atom is 0.330 e. The molecule has 1 rings (SSSR count). The van der Waals surface area contributed by atoms with Gasteiger partial charge in [0.2, 0.25) is 5.91 Å². The molecule has 0 saturated carbocycles. The lowest BCUT2D eigenvalue weighted by atomic mass is 10.1. The number of carbonyl (C=O) groups excluding carboxylic acids is 1. The first-order chi connectivity index (χ1) is 8.91. The summed E-state index contributed by atoms with van der Waals surface area (Å²) in [6, 6.07) is 5.55. The first-order valence-corrected chi connectivity index (χ1v) is 6.29. The van der Waals surface area contributed by atoms with E-state index in [1.54, 1.807) is 24.3 Å². The molecule has 19 heavy (non-hydrogen) atoms. The molecule has 0 aliphatic rings. The number of halogens is 1. The molecule has 0 unspecified atom stereocenters. The van der Waals surface area contributed by atoms with Crippen molar-refractivity contribution >= 4 is 23.5 Å². The molecular formula is C13H17ClN2O3. The Labute approximate surface area is 117 Å². The number of hydrogen-bond acceptors (Lipinski definition) is 3. The van der Waals surface area contributed by atoms with E-state index in [1.807, 2.05) is 13.8 Å². The number of nitrogens with one attached hydrogen (secondary N) is 2. The summed E-state index contributed by atoms with van der Waals surface area (Å²) in [4.78, 5) is 22.9. The predicted molar refractivity (Wildman–Crippen MR) is 73.1 cm³/mol. The Hall–Kier alpha value is -1.59. The van der Waals surface area contributed by atoms with Gasteiger partial charge >= 0.3 is 5.97 Å². The quantitative estimate of drug-likeness (QED) is 0.741. The van der Waals surface area contributed by atoms with Crippen molar-refractivity contribution in [2.45, 2.75) is 25.9 Å². The molecule has 6 heteroatoms. The highest BCUT2D eigenvalue weighted by Crippen LogP contribution is 2.22. The van der Waals surface area contributed by atoms with Crippen LogP contribution in [-0.2, 0) is 9.59 Å². The minimum absolute atomic E-state index is 0.0614. The number of carboxylic acid groups (broad SMARTS) is 1. The largest absolute Gasteiger partial charge is 0.479 e. The molecule has 3 N–H and O–H groups in total. The number of carboxylic acids is 1. The third-order valence-electron chi connectivity index (χ3n) is 2.44. The smallest absolute Gasteiger partial charge is 0.330 e. The van der Waals surface area contributed by atoms with E-state index in [9.17, 15) is 14.7 Å². The van der Waals surface area contributed by atoms with Gasteiger partial charge < -0.3 is 15.7 Å². The fourth-order valence-corrected chi connectivity index (χ4v) is 1.74. The lowest BCUT2D eigenvalue weighted by molar-refractivity contribution is -0.141. The van der Waals surface area contributed by atoms with Crippen LogP contribution in [0.25, 0.3) is 0 Å². The zero-order chi connectivity index (χ0) is 14.4. The van der Waals surface area contributed by atoms with E-state index < -0.39 is 12.0 Å². The van der Waals surface area contributed by atoms with E-state index in [1.165, 1.54) is 0 Å². The summed E-state index contributed by atoms with van der Waals surface area (Å²) in [6.07, 6.45) is 0. The second kappa shape index (κ2) is 7.11. The molecule has 0 saturated heterocycles. The Balaban J connectivity index is 2.77. The van der Waals surface area contributed by atoms with E-state index in [0.717, 1.165) is 0 Å². The highest BCUT2D eigenvalue weighted by atomic mass is 35.5. The highest BCUT2D eigenvalue weighted by Gasteiger charge is 2.23. The van der Waals surface area contributed by atoms with E-state index >= 15 is 0 Å². The third-order valence-corrected chi connectivity index (χ3v) is 2.78. The highest BCUT2D eigenvalue weighted by molar-refractivity contribution is 6.31. The second-order valence-corrected chi connectivity index (χ2v) is 4.80. The Morgan fingerprint density at radius 3 is 2.47 bits per heavy atom. The summed E-state index contributed by atoms with van der Waals surface area (Å²) in [7, 11) is 0. The van der Waals surface area contributed by atoms with Gasteiger partial charge in [0.1, 0.15) is 0 Å². The number of aliphatic carboxylic acids is 1. The van der Waals surface area contributed by atoms with Gasteiger partial charge in [-0.05, 0) is 6.07 Å². The summed E-state index contributed by atoms with van der Waals surface area (Å²) >= 11 is 5.94. The van der Waals surface area contributed by atoms with Crippen LogP contribution in [0.15, 0.2) is 24.3 Å². The summed E-state index contributed by atoms with van der Waals surface area (Å²) in [5, 5.41) is 14.9. The fraction of sp³-hybridized carbons (Fsp3) is 0.385. The van der Waals surface area contributed by atoms with Crippen LogP contribution in [0.3, 0.4) is 0 Å². The van der Waals surface area contributed by atoms with Gasteiger partial charge in [-0.2, -0.15) is 0 Å². The van der Waals surface area contributed by atoms with Gasteiger partial charge in [-0.15, -0.1) is 0 Å². The van der Waals surface area contributed by atoms with Gasteiger partial charge in [0.05, 0.1) is 6.54 Å². The molecule has 0 bridgehead atoms. The first kappa shape index (κ1) is 15.5. The van der Waals surface area contributed by atoms with E-state index in [0.29, 0.717) is 10.6 Å². The van der Waals surface area contributed by atoms with Crippen molar-refractivity contribution in [2.24, 2.45) is 0 Å². The maximum atomic E-state index is 11.7. The van der Waals surface area contributed by atoms with Crippen LogP contribution in [0, 0.1) is 0 Å². The maximum absolute atomic E-state index is 11.7. The van der Waals surface area contributed by atoms with Gasteiger partial charge in [0.25, 0.3) is 0 Å². The Bertz CT molecular complexity index is 463. The normalized spacial score (nSPS) is 12.2. The summed E-state index contributed by atoms with van der Waals surface area (Å²) < 4.78 is 0. The van der Waals surface area contributed by atoms with Gasteiger partial charge in [0, 0.05) is 16.6 Å². The summed E-state index contributed by atoms with van der Waals surface area (Å²) in [5.74, 6) is -1.54. The SMILES string of the molecule is CC(C)NCC(=O)N[C@@H](C(=O)O)c1ccccc1Cl. The molecule has 104 valence electrons. The van der Waals surface area contributed by atoms with Crippen LogP contribution < -0.4 is 10.6 Å². The van der Waals surface area contributed by atoms with Crippen molar-refractivity contribution in [3.63, 3.8) is 0 Å². The van der Waals surface area contributed by atoms with Gasteiger partial charge in [0.15, 0.2) is 6.04 Å². The zero-order valence-corrected chi connectivity index (χ0v) is 11.6. The molecule has 0 aliphatic carbocycles. The van der Waals surface area contributed by atoms with Crippen molar-refractivity contribution in [1.82, 2.24) is 10.6 Å². The summed E-state index contributed by atoms with van der Waals surface area (Å²) in [5.41, 5.74) is 0.370. The number of rotatable bonds is 6. The molecule has 1 amide bonds. The van der Waals surface area contributed by atoms with Gasteiger partial charge in [-0.1, -0.05) is 43.6 Å². The van der Waals surface area contributed by atoms with Crippen LogP contribution in [0.5, 0.6) is 0 Å². The van der Waals surface area contributed by atoms with E-state index in [-0.39, 0.29) is 18.5 Å². The van der Waals surface area contributed by atoms with Gasteiger partial charge in [-0.25, -0.2) is 4.79 Å². The first-order valence-electron chi connectivity index (χ1n) is 5.91. The Morgan fingerprint density at radius 1 is 1.32 bits per heavy atom. The minimum atomic E-state index is -1.15. The topological polar surface area (TPSA) is 78.4 Å². The van der Waals surface area contributed by atoms with Crippen molar-refractivity contribution in [1.29, 1.82) is 0 Å². The number of carbonyl (C=O) groups is 2. The van der Waals surface area contributed by atoms with Crippen LogP contribution in [0.1, 0.15) is 25.5 Å². The number of hydrogen-bond donors (Lipinski definition) is 3. The van der Waals surface area contributed by atoms with Crippen molar-refractivity contribution < 1.29 is 14.7 Å². The molecule has 0 aliphatic heterocycles. The molecule has 1 atom stereocenters. The molecule has 0 aromatic heterocycles. The molecule has 1 aromatic carbocycles. The molecule has 0 fully saturated rings. The van der Waals surface area contributed by atoms with Crippen LogP contribution >= 0.6 is 11.6 Å². The standard InChI is InChI=1S/C13H17ClN2O3/c1-8(2)15-7-11(17)16-12(13(18)19)9-5-3-4-6-10(9)14/h3-6,8,12,15H,7H2,1-2H3,(H,16,17)(H,18,19)/t12-/m1/s1. The molecule has 0 heterocycles. The van der Waals surface area contributed by atoms with Crippen LogP contribution in [-0.4, -0.2) is 29.6 Å². The van der Waals surface area contributed by atoms with Crippen LogP contribution in [0.4, 0.5) is 0 Å². The second-order valence-electron chi connectivity index (χ2n) is 4.40. The molecular weight excluding hydrogens is 268 g/mol. The predicted octanol–water partition coefficient (Wildman–Crippen LogP) is 1.58. The minimum Gasteiger partial charge on any atom is -0.479 e. The monoisotopic (exact) mass is 284 g/mol. The third kappa shape index (κ3) is 4.89. The van der Waals surface area contributed by atoms with Crippen molar-refractivity contribution in [3.8, 4) is 0 Å². The van der Waals surface area contributed by atoms with Crippen molar-refractivity contribution in [2.75, 3.05) is 6.54 Å². The lowest BCUT2D eigenvalue weighted by Gasteiger charge is -2.17. The molecule has 5 nitrogen and oxygen atoms in total. The summed E-state index contributed by atoms with van der Waals surface area (Å²) in [6.45, 7) is 3.86.